The Labute approximate surface area is 168 Å². The van der Waals surface area contributed by atoms with Crippen LogP contribution in [0.4, 0.5) is 0 Å². The summed E-state index contributed by atoms with van der Waals surface area (Å²) in [5.41, 5.74) is 1.40. The highest BCUT2D eigenvalue weighted by Gasteiger charge is 2.20. The van der Waals surface area contributed by atoms with Crippen molar-refractivity contribution in [2.75, 3.05) is 6.54 Å². The highest BCUT2D eigenvalue weighted by molar-refractivity contribution is 7.16. The maximum atomic E-state index is 12.4. The molecule has 0 radical (unpaired) electrons. The molecule has 0 aliphatic heterocycles. The van der Waals surface area contributed by atoms with Crippen molar-refractivity contribution >= 4 is 44.1 Å². The molecule has 4 aromatic rings. The van der Waals surface area contributed by atoms with Gasteiger partial charge in [0, 0.05) is 10.1 Å². The minimum absolute atomic E-state index is 0.361. The Balaban J connectivity index is 1.78. The second kappa shape index (κ2) is 7.37. The lowest BCUT2D eigenvalue weighted by molar-refractivity contribution is -0.135. The molecule has 0 aliphatic rings. The lowest BCUT2D eigenvalue weighted by Gasteiger charge is -2.09. The maximum Gasteiger partial charge on any atom is 0.322 e. The fourth-order valence-corrected chi connectivity index (χ4v) is 4.13. The molecule has 7 heteroatoms. The van der Waals surface area contributed by atoms with Gasteiger partial charge in [0.05, 0.1) is 0 Å². The van der Waals surface area contributed by atoms with Gasteiger partial charge in [-0.2, -0.15) is 0 Å². The van der Waals surface area contributed by atoms with E-state index in [1.807, 2.05) is 48.5 Å². The van der Waals surface area contributed by atoms with E-state index in [0.717, 1.165) is 33.2 Å². The van der Waals surface area contributed by atoms with Gasteiger partial charge in [0.25, 0.3) is 5.91 Å². The monoisotopic (exact) mass is 405 g/mol. The Bertz CT molecular complexity index is 1340. The standard InChI is InChI=1S/C22H15NO5S/c24-18(25)11-23-21(27)19-20(26)16-8-7-15(10-17(16)29-22(19)28)14-6-5-12-3-1-2-4-13(12)9-14/h1-10,26H,11H2,(H,23,27)(H,24,25). The van der Waals surface area contributed by atoms with Crippen LogP contribution in [-0.4, -0.2) is 28.6 Å². The third-order valence-corrected chi connectivity index (χ3v) is 5.54. The average Bonchev–Trinajstić information content (AvgIpc) is 2.71. The van der Waals surface area contributed by atoms with E-state index < -0.39 is 34.5 Å². The van der Waals surface area contributed by atoms with Crippen molar-refractivity contribution in [1.82, 2.24) is 5.32 Å². The zero-order valence-corrected chi connectivity index (χ0v) is 15.8. The van der Waals surface area contributed by atoms with E-state index in [2.05, 4.69) is 5.32 Å². The van der Waals surface area contributed by atoms with Gasteiger partial charge in [0.15, 0.2) is 0 Å². The van der Waals surface area contributed by atoms with Crippen LogP contribution >= 0.6 is 11.3 Å². The molecule has 144 valence electrons. The van der Waals surface area contributed by atoms with Crippen LogP contribution in [0.1, 0.15) is 10.4 Å². The SMILES string of the molecule is O=C(O)CNC(=O)c1c(O)c2ccc(-c3ccc4ccccc4c3)cc2sc1=O. The van der Waals surface area contributed by atoms with E-state index in [1.54, 1.807) is 12.1 Å². The number of nitrogens with one attached hydrogen (secondary N) is 1. The molecule has 6 nitrogen and oxygen atoms in total. The molecular formula is C22H15NO5S. The zero-order chi connectivity index (χ0) is 20.5. The van der Waals surface area contributed by atoms with Gasteiger partial charge in [0.1, 0.15) is 17.9 Å². The summed E-state index contributed by atoms with van der Waals surface area (Å²) in [6.45, 7) is -0.638. The summed E-state index contributed by atoms with van der Waals surface area (Å²) in [5.74, 6) is -2.60. The minimum atomic E-state index is -1.24. The van der Waals surface area contributed by atoms with Crippen LogP contribution in [0, 0.1) is 0 Å². The van der Waals surface area contributed by atoms with Crippen molar-refractivity contribution in [1.29, 1.82) is 0 Å². The molecule has 3 aromatic carbocycles. The first-order valence-electron chi connectivity index (χ1n) is 8.73. The van der Waals surface area contributed by atoms with Gasteiger partial charge in [-0.3, -0.25) is 14.4 Å². The predicted octanol–water partition coefficient (Wildman–Crippen LogP) is 3.60. The first-order chi connectivity index (χ1) is 13.9. The quantitative estimate of drug-likeness (QED) is 0.481. The van der Waals surface area contributed by atoms with Crippen LogP contribution in [0.15, 0.2) is 65.5 Å². The zero-order valence-electron chi connectivity index (χ0n) is 15.0. The van der Waals surface area contributed by atoms with E-state index in [1.165, 1.54) is 0 Å². The number of aromatic hydroxyl groups is 1. The van der Waals surface area contributed by atoms with Gasteiger partial charge in [-0.15, -0.1) is 0 Å². The van der Waals surface area contributed by atoms with Crippen LogP contribution in [0.2, 0.25) is 0 Å². The number of rotatable bonds is 4. The predicted molar refractivity (Wildman–Crippen MR) is 113 cm³/mol. The molecule has 4 rings (SSSR count). The van der Waals surface area contributed by atoms with Crippen molar-refractivity contribution in [3.8, 4) is 16.9 Å². The topological polar surface area (TPSA) is 104 Å². The van der Waals surface area contributed by atoms with Crippen LogP contribution in [-0.2, 0) is 4.79 Å². The summed E-state index contributed by atoms with van der Waals surface area (Å²) in [4.78, 5) is 35.2. The number of amides is 1. The van der Waals surface area contributed by atoms with E-state index in [-0.39, 0.29) is 0 Å². The lowest BCUT2D eigenvalue weighted by atomic mass is 10.0. The Morgan fingerprint density at radius 3 is 2.38 bits per heavy atom. The molecule has 0 saturated carbocycles. The van der Waals surface area contributed by atoms with Crippen LogP contribution in [0.25, 0.3) is 32.0 Å². The number of carbonyl (C=O) groups is 2. The van der Waals surface area contributed by atoms with Crippen molar-refractivity contribution in [2.45, 2.75) is 0 Å². The van der Waals surface area contributed by atoms with Crippen LogP contribution in [0.3, 0.4) is 0 Å². The second-order valence-electron chi connectivity index (χ2n) is 6.46. The molecule has 0 unspecified atom stereocenters. The molecule has 1 aromatic heterocycles. The molecule has 0 bridgehead atoms. The van der Waals surface area contributed by atoms with Crippen molar-refractivity contribution < 1.29 is 19.8 Å². The van der Waals surface area contributed by atoms with Gasteiger partial charge in [-0.05, 0) is 40.1 Å². The smallest absolute Gasteiger partial charge is 0.322 e. The molecule has 0 spiro atoms. The van der Waals surface area contributed by atoms with Crippen molar-refractivity contribution in [3.63, 3.8) is 0 Å². The first-order valence-corrected chi connectivity index (χ1v) is 9.54. The molecule has 1 amide bonds. The number of benzene rings is 3. The summed E-state index contributed by atoms with van der Waals surface area (Å²) in [6, 6.07) is 19.3. The van der Waals surface area contributed by atoms with E-state index in [0.29, 0.717) is 10.1 Å². The van der Waals surface area contributed by atoms with Crippen LogP contribution in [0.5, 0.6) is 5.75 Å². The molecular weight excluding hydrogens is 390 g/mol. The second-order valence-corrected chi connectivity index (χ2v) is 7.48. The Kier molecular flexibility index (Phi) is 4.74. The highest BCUT2D eigenvalue weighted by Crippen LogP contribution is 2.33. The number of aliphatic carboxylic acids is 1. The van der Waals surface area contributed by atoms with Crippen molar-refractivity contribution in [2.24, 2.45) is 0 Å². The largest absolute Gasteiger partial charge is 0.506 e. The van der Waals surface area contributed by atoms with Gasteiger partial charge >= 0.3 is 5.97 Å². The molecule has 1 heterocycles. The number of fused-ring (bicyclic) bond motifs is 2. The molecule has 29 heavy (non-hydrogen) atoms. The maximum absolute atomic E-state index is 12.4. The highest BCUT2D eigenvalue weighted by atomic mass is 32.1. The minimum Gasteiger partial charge on any atom is -0.506 e. The molecule has 0 aliphatic carbocycles. The Morgan fingerprint density at radius 2 is 1.62 bits per heavy atom. The number of hydrogen-bond donors (Lipinski definition) is 3. The van der Waals surface area contributed by atoms with Gasteiger partial charge in [-0.25, -0.2) is 0 Å². The van der Waals surface area contributed by atoms with Crippen molar-refractivity contribution in [3.05, 3.63) is 75.8 Å². The average molecular weight is 405 g/mol. The molecule has 0 saturated heterocycles. The third kappa shape index (κ3) is 3.55. The Morgan fingerprint density at radius 1 is 0.931 bits per heavy atom. The first kappa shape index (κ1) is 18.6. The summed E-state index contributed by atoms with van der Waals surface area (Å²) in [7, 11) is 0. The summed E-state index contributed by atoms with van der Waals surface area (Å²) < 4.78 is -0.0958. The summed E-state index contributed by atoms with van der Waals surface area (Å²) >= 11 is 0.834. The fourth-order valence-electron chi connectivity index (χ4n) is 3.18. The van der Waals surface area contributed by atoms with Gasteiger partial charge in [-0.1, -0.05) is 53.8 Å². The molecule has 0 fully saturated rings. The van der Waals surface area contributed by atoms with Crippen LogP contribution < -0.4 is 10.1 Å². The summed E-state index contributed by atoms with van der Waals surface area (Å²) in [6.07, 6.45) is 0. The molecule has 0 atom stereocenters. The lowest BCUT2D eigenvalue weighted by Crippen LogP contribution is -2.32. The number of carboxylic acids is 1. The van der Waals surface area contributed by atoms with Gasteiger partial charge < -0.3 is 15.5 Å². The van der Waals surface area contributed by atoms with Gasteiger partial charge in [0.2, 0.25) is 4.74 Å². The normalized spacial score (nSPS) is 10.9. The summed E-state index contributed by atoms with van der Waals surface area (Å²) in [5, 5.41) is 23.8. The Hall–Kier alpha value is -3.71. The number of carboxylic acid groups (broad SMARTS) is 1. The fraction of sp³-hybridized carbons (Fsp3) is 0.0455. The number of carbonyl (C=O) groups excluding carboxylic acids is 1. The van der Waals surface area contributed by atoms with E-state index >= 15 is 0 Å². The third-order valence-electron chi connectivity index (χ3n) is 4.59. The van der Waals surface area contributed by atoms with E-state index in [4.69, 9.17) is 5.11 Å². The van der Waals surface area contributed by atoms with E-state index in [9.17, 15) is 19.5 Å². The molecule has 3 N–H and O–H groups in total. The number of hydrogen-bond acceptors (Lipinski definition) is 5.